The minimum atomic E-state index is -0.240. The number of fused-ring (bicyclic) bond motifs is 12. The molecule has 3 nitrogen and oxygen atoms in total. The maximum absolute atomic E-state index is 11.1. The number of hydrogen-bond acceptors (Lipinski definition) is 2. The van der Waals surface area contributed by atoms with E-state index in [0.717, 1.165) is 32.8 Å². The van der Waals surface area contributed by atoms with Gasteiger partial charge in [0, 0.05) is 27.0 Å². The fourth-order valence-electron chi connectivity index (χ4n) is 7.21. The van der Waals surface area contributed by atoms with Crippen LogP contribution in [0.15, 0.2) is 72.8 Å². The Hall–Kier alpha value is -4.24. The van der Waals surface area contributed by atoms with E-state index in [4.69, 9.17) is 0 Å². The van der Waals surface area contributed by atoms with Gasteiger partial charge in [0.25, 0.3) is 0 Å². The lowest BCUT2D eigenvalue weighted by molar-refractivity contribution is 0.473. The lowest BCUT2D eigenvalue weighted by Gasteiger charge is -2.23. The molecule has 0 unspecified atom stereocenters. The first-order valence-corrected chi connectivity index (χ1v) is 13.3. The highest BCUT2D eigenvalue weighted by molar-refractivity contribution is 6.28. The molecule has 7 aromatic rings. The number of aromatic hydroxyl groups is 2. The van der Waals surface area contributed by atoms with Gasteiger partial charge in [-0.3, -0.25) is 0 Å². The first kappa shape index (κ1) is 21.8. The van der Waals surface area contributed by atoms with E-state index in [2.05, 4.69) is 87.6 Å². The number of phenols is 2. The molecule has 0 saturated heterocycles. The molecule has 8 rings (SSSR count). The molecule has 0 aliphatic heterocycles. The van der Waals surface area contributed by atoms with Crippen LogP contribution in [0.3, 0.4) is 0 Å². The molecule has 2 aromatic heterocycles. The van der Waals surface area contributed by atoms with Crippen molar-refractivity contribution in [2.75, 3.05) is 0 Å². The van der Waals surface area contributed by atoms with Crippen LogP contribution < -0.4 is 0 Å². The largest absolute Gasteiger partial charge is 0.508 e. The van der Waals surface area contributed by atoms with Crippen molar-refractivity contribution in [3.63, 3.8) is 0 Å². The molecule has 1 aliphatic rings. The van der Waals surface area contributed by atoms with Gasteiger partial charge in [-0.1, -0.05) is 71.0 Å². The summed E-state index contributed by atoms with van der Waals surface area (Å²) in [5.74, 6) is 0.633. The summed E-state index contributed by atoms with van der Waals surface area (Å²) in [4.78, 5) is 0. The Kier molecular flexibility index (Phi) is 3.79. The molecule has 0 fully saturated rings. The van der Waals surface area contributed by atoms with E-state index >= 15 is 0 Å². The standard InChI is InChI=1S/C35H29NO2/c1-34(2,3)18-6-14-28-26(16-18)30-29(38)15-13-25-24-12-10-22-23(32(24)36(28)33(25)30)11-9-21-20-8-7-19(37)17-27(20)35(4,5)31(21)22/h6-17,37-38H,1-5H3. The van der Waals surface area contributed by atoms with Crippen molar-refractivity contribution < 1.29 is 10.2 Å². The summed E-state index contributed by atoms with van der Waals surface area (Å²) >= 11 is 0. The SMILES string of the molecule is CC(C)(C)c1ccc2c(c1)c1c(O)ccc3c4ccc5c6c(ccc5c4n2c31)-c1ccc(O)cc1C6(C)C. The van der Waals surface area contributed by atoms with Crippen LogP contribution in [0.25, 0.3) is 60.0 Å². The van der Waals surface area contributed by atoms with E-state index in [1.165, 1.54) is 43.9 Å². The van der Waals surface area contributed by atoms with Gasteiger partial charge in [0.05, 0.1) is 21.9 Å². The first-order chi connectivity index (χ1) is 18.1. The van der Waals surface area contributed by atoms with Crippen molar-refractivity contribution in [2.45, 2.75) is 45.4 Å². The summed E-state index contributed by atoms with van der Waals surface area (Å²) < 4.78 is 2.37. The van der Waals surface area contributed by atoms with Crippen LogP contribution in [-0.2, 0) is 10.8 Å². The van der Waals surface area contributed by atoms with Crippen LogP contribution in [0.1, 0.15) is 51.3 Å². The Labute approximate surface area is 220 Å². The van der Waals surface area contributed by atoms with Crippen LogP contribution in [0.2, 0.25) is 0 Å². The average molecular weight is 496 g/mol. The maximum Gasteiger partial charge on any atom is 0.125 e. The summed E-state index contributed by atoms with van der Waals surface area (Å²) in [6, 6.07) is 25.4. The molecule has 0 spiro atoms. The Morgan fingerprint density at radius 3 is 2.11 bits per heavy atom. The van der Waals surface area contributed by atoms with Crippen molar-refractivity contribution in [3.05, 3.63) is 89.5 Å². The summed E-state index contributed by atoms with van der Waals surface area (Å²) in [7, 11) is 0. The number of aromatic nitrogens is 1. The van der Waals surface area contributed by atoms with Crippen molar-refractivity contribution in [1.82, 2.24) is 4.40 Å². The molecule has 2 N–H and O–H groups in total. The van der Waals surface area contributed by atoms with E-state index in [9.17, 15) is 10.2 Å². The third-order valence-electron chi connectivity index (χ3n) is 9.03. The number of benzene rings is 5. The molecular formula is C35H29NO2. The predicted molar refractivity (Wildman–Crippen MR) is 158 cm³/mol. The van der Waals surface area contributed by atoms with Gasteiger partial charge in [0.2, 0.25) is 0 Å². The lowest BCUT2D eigenvalue weighted by Crippen LogP contribution is -2.15. The monoisotopic (exact) mass is 495 g/mol. The third kappa shape index (κ3) is 2.45. The van der Waals surface area contributed by atoms with E-state index < -0.39 is 0 Å². The molecular weight excluding hydrogens is 466 g/mol. The van der Waals surface area contributed by atoms with Crippen LogP contribution >= 0.6 is 0 Å². The summed E-state index contributed by atoms with van der Waals surface area (Å²) in [5, 5.41) is 28.2. The molecule has 0 bridgehead atoms. The second kappa shape index (κ2) is 6.60. The van der Waals surface area contributed by atoms with Crippen LogP contribution in [-0.4, -0.2) is 14.6 Å². The minimum Gasteiger partial charge on any atom is -0.508 e. The van der Waals surface area contributed by atoms with E-state index in [0.29, 0.717) is 11.5 Å². The highest BCUT2D eigenvalue weighted by atomic mass is 16.3. The number of nitrogens with zero attached hydrogens (tertiary/aromatic N) is 1. The second-order valence-corrected chi connectivity index (χ2v) is 12.6. The third-order valence-corrected chi connectivity index (χ3v) is 9.03. The highest BCUT2D eigenvalue weighted by Crippen LogP contribution is 2.53. The van der Waals surface area contributed by atoms with Crippen molar-refractivity contribution in [1.29, 1.82) is 0 Å². The van der Waals surface area contributed by atoms with Gasteiger partial charge in [-0.15, -0.1) is 0 Å². The fraction of sp³-hybridized carbons (Fsp3) is 0.200. The van der Waals surface area contributed by atoms with Crippen molar-refractivity contribution in [2.24, 2.45) is 0 Å². The molecule has 3 heteroatoms. The molecule has 0 saturated carbocycles. The van der Waals surface area contributed by atoms with Gasteiger partial charge in [0.15, 0.2) is 0 Å². The molecule has 0 atom stereocenters. The first-order valence-electron chi connectivity index (χ1n) is 13.3. The minimum absolute atomic E-state index is 0.0140. The molecule has 186 valence electrons. The van der Waals surface area contributed by atoms with Gasteiger partial charge >= 0.3 is 0 Å². The Morgan fingerprint density at radius 1 is 0.658 bits per heavy atom. The normalized spacial score (nSPS) is 14.9. The number of hydrogen-bond donors (Lipinski definition) is 2. The summed E-state index contributed by atoms with van der Waals surface area (Å²) in [5.41, 5.74) is 9.33. The van der Waals surface area contributed by atoms with Gasteiger partial charge in [-0.05, 0) is 75.0 Å². The van der Waals surface area contributed by atoms with Crippen LogP contribution in [0, 0.1) is 0 Å². The summed E-state index contributed by atoms with van der Waals surface area (Å²) in [6.45, 7) is 11.2. The molecule has 5 aromatic carbocycles. The van der Waals surface area contributed by atoms with Crippen molar-refractivity contribution in [3.8, 4) is 22.6 Å². The number of rotatable bonds is 0. The second-order valence-electron chi connectivity index (χ2n) is 12.6. The predicted octanol–water partition coefficient (Wildman–Crippen LogP) is 9.00. The van der Waals surface area contributed by atoms with Crippen molar-refractivity contribution >= 4 is 48.9 Å². The smallest absolute Gasteiger partial charge is 0.125 e. The molecule has 2 heterocycles. The fourth-order valence-corrected chi connectivity index (χ4v) is 7.21. The zero-order valence-electron chi connectivity index (χ0n) is 22.3. The Balaban J connectivity index is 1.57. The van der Waals surface area contributed by atoms with E-state index in [1.54, 1.807) is 6.07 Å². The van der Waals surface area contributed by atoms with Gasteiger partial charge in [0.1, 0.15) is 11.5 Å². The quantitative estimate of drug-likeness (QED) is 0.220. The molecule has 38 heavy (non-hydrogen) atoms. The van der Waals surface area contributed by atoms with Gasteiger partial charge < -0.3 is 14.6 Å². The topological polar surface area (TPSA) is 44.9 Å². The molecule has 1 aliphatic carbocycles. The molecule has 0 radical (unpaired) electrons. The Morgan fingerprint density at radius 2 is 1.32 bits per heavy atom. The van der Waals surface area contributed by atoms with Crippen LogP contribution in [0.5, 0.6) is 11.5 Å². The van der Waals surface area contributed by atoms with Crippen LogP contribution in [0.4, 0.5) is 0 Å². The Bertz CT molecular complexity index is 2150. The van der Waals surface area contributed by atoms with Gasteiger partial charge in [-0.2, -0.15) is 0 Å². The van der Waals surface area contributed by atoms with E-state index in [1.807, 2.05) is 18.2 Å². The zero-order valence-corrected chi connectivity index (χ0v) is 22.3. The van der Waals surface area contributed by atoms with Gasteiger partial charge in [-0.25, -0.2) is 0 Å². The highest BCUT2D eigenvalue weighted by Gasteiger charge is 2.37. The number of phenolic OH excluding ortho intramolecular Hbond substituents is 2. The average Bonchev–Trinajstić information content (AvgIpc) is 3.46. The maximum atomic E-state index is 11.1. The molecule has 0 amide bonds. The summed E-state index contributed by atoms with van der Waals surface area (Å²) in [6.07, 6.45) is 0. The zero-order chi connectivity index (χ0) is 26.3. The lowest BCUT2D eigenvalue weighted by atomic mass is 9.80. The van der Waals surface area contributed by atoms with E-state index in [-0.39, 0.29) is 10.8 Å².